The van der Waals surface area contributed by atoms with Crippen molar-refractivity contribution in [3.05, 3.63) is 30.1 Å². The molecule has 1 heterocycles. The molecule has 0 spiro atoms. The van der Waals surface area contributed by atoms with E-state index < -0.39 is 40.0 Å². The average molecular weight is 416 g/mol. The molecule has 10 heteroatoms. The molecule has 0 bridgehead atoms. The van der Waals surface area contributed by atoms with Crippen molar-refractivity contribution in [1.29, 1.82) is 0 Å². The number of carbonyl (C=O) groups excluding carboxylic acids is 1. The van der Waals surface area contributed by atoms with Gasteiger partial charge in [-0.25, -0.2) is 22.4 Å². The minimum absolute atomic E-state index is 0.0812. The largest absolute Gasteiger partial charge is 0.480 e. The van der Waals surface area contributed by atoms with Crippen LogP contribution in [0, 0.1) is 11.7 Å². The van der Waals surface area contributed by atoms with E-state index in [4.69, 9.17) is 9.84 Å². The van der Waals surface area contributed by atoms with Crippen LogP contribution in [0.2, 0.25) is 0 Å². The highest BCUT2D eigenvalue weighted by molar-refractivity contribution is 7.89. The van der Waals surface area contributed by atoms with E-state index in [1.165, 1.54) is 22.5 Å². The summed E-state index contributed by atoms with van der Waals surface area (Å²) in [5.41, 5.74) is 0. The number of amides is 1. The van der Waals surface area contributed by atoms with Crippen LogP contribution in [0.3, 0.4) is 0 Å². The van der Waals surface area contributed by atoms with Gasteiger partial charge < -0.3 is 15.2 Å². The second kappa shape index (κ2) is 9.33. The summed E-state index contributed by atoms with van der Waals surface area (Å²) in [5.74, 6) is -1.69. The third-order valence-electron chi connectivity index (χ3n) is 4.41. The maximum atomic E-state index is 13.3. The third kappa shape index (κ3) is 5.90. The third-order valence-corrected chi connectivity index (χ3v) is 6.30. The van der Waals surface area contributed by atoms with E-state index >= 15 is 0 Å². The Morgan fingerprint density at radius 3 is 2.50 bits per heavy atom. The molecule has 28 heavy (non-hydrogen) atoms. The van der Waals surface area contributed by atoms with E-state index in [0.29, 0.717) is 0 Å². The van der Waals surface area contributed by atoms with Gasteiger partial charge in [-0.15, -0.1) is 0 Å². The van der Waals surface area contributed by atoms with Gasteiger partial charge in [-0.1, -0.05) is 19.9 Å². The van der Waals surface area contributed by atoms with Gasteiger partial charge in [0.25, 0.3) is 0 Å². The standard InChI is InChI=1S/C18H25FN2O6S/c1-12(2)10-16(17(22)23)20-18(24)27-14-6-8-21(9-7-14)28(25,26)15-5-3-4-13(19)11-15/h3-5,11-12,14,16H,6-10H2,1-2H3,(H,20,24)(H,22,23)/t16-/m0/s1. The number of nitrogens with zero attached hydrogens (tertiary/aromatic N) is 1. The number of carboxylic acid groups (broad SMARTS) is 1. The summed E-state index contributed by atoms with van der Waals surface area (Å²) >= 11 is 0. The Morgan fingerprint density at radius 1 is 1.32 bits per heavy atom. The number of nitrogens with one attached hydrogen (secondary N) is 1. The number of halogens is 1. The number of aliphatic carboxylic acids is 1. The zero-order valence-corrected chi connectivity index (χ0v) is 16.6. The number of sulfonamides is 1. The summed E-state index contributed by atoms with van der Waals surface area (Å²) in [6.45, 7) is 3.92. The van der Waals surface area contributed by atoms with E-state index in [9.17, 15) is 22.4 Å². The second-order valence-corrected chi connectivity index (χ2v) is 9.07. The molecule has 8 nitrogen and oxygen atoms in total. The van der Waals surface area contributed by atoms with Gasteiger partial charge in [0.05, 0.1) is 4.90 Å². The second-order valence-electron chi connectivity index (χ2n) is 7.13. The van der Waals surface area contributed by atoms with Gasteiger partial charge >= 0.3 is 12.1 Å². The minimum atomic E-state index is -3.82. The summed E-state index contributed by atoms with van der Waals surface area (Å²) < 4.78 is 44.9. The number of benzene rings is 1. The fourth-order valence-electron chi connectivity index (χ4n) is 2.99. The molecule has 0 aliphatic carbocycles. The molecule has 2 N–H and O–H groups in total. The Morgan fingerprint density at radius 2 is 1.96 bits per heavy atom. The van der Waals surface area contributed by atoms with Crippen LogP contribution < -0.4 is 5.32 Å². The normalized spacial score (nSPS) is 17.3. The van der Waals surface area contributed by atoms with Crippen LogP contribution in [-0.2, 0) is 19.6 Å². The maximum Gasteiger partial charge on any atom is 0.408 e. The van der Waals surface area contributed by atoms with E-state index in [0.717, 1.165) is 6.07 Å². The molecule has 1 aliphatic heterocycles. The fourth-order valence-corrected chi connectivity index (χ4v) is 4.49. The number of hydrogen-bond acceptors (Lipinski definition) is 5. The highest BCUT2D eigenvalue weighted by Crippen LogP contribution is 2.22. The van der Waals surface area contributed by atoms with Crippen LogP contribution in [0.25, 0.3) is 0 Å². The zero-order chi connectivity index (χ0) is 20.9. The molecule has 1 aromatic rings. The van der Waals surface area contributed by atoms with Crippen LogP contribution in [0.4, 0.5) is 9.18 Å². The van der Waals surface area contributed by atoms with E-state index in [-0.39, 0.29) is 43.2 Å². The van der Waals surface area contributed by atoms with Crippen LogP contribution in [0.1, 0.15) is 33.1 Å². The molecule has 1 aliphatic rings. The lowest BCUT2D eigenvalue weighted by Crippen LogP contribution is -2.45. The number of carboxylic acids is 1. The van der Waals surface area contributed by atoms with E-state index in [1.807, 2.05) is 13.8 Å². The van der Waals surface area contributed by atoms with Gasteiger partial charge in [0.15, 0.2) is 0 Å². The van der Waals surface area contributed by atoms with Crippen LogP contribution >= 0.6 is 0 Å². The van der Waals surface area contributed by atoms with Crippen molar-refractivity contribution in [2.24, 2.45) is 5.92 Å². The lowest BCUT2D eigenvalue weighted by atomic mass is 10.0. The lowest BCUT2D eigenvalue weighted by molar-refractivity contribution is -0.139. The predicted molar refractivity (Wildman–Crippen MR) is 98.7 cm³/mol. The van der Waals surface area contributed by atoms with Crippen molar-refractivity contribution < 1.29 is 32.2 Å². The Balaban J connectivity index is 1.89. The van der Waals surface area contributed by atoms with Crippen molar-refractivity contribution in [3.63, 3.8) is 0 Å². The van der Waals surface area contributed by atoms with Gasteiger partial charge in [-0.2, -0.15) is 4.31 Å². The molecule has 0 saturated carbocycles. The Labute approximate surface area is 163 Å². The Bertz CT molecular complexity index is 806. The fraction of sp³-hybridized carbons (Fsp3) is 0.556. The summed E-state index contributed by atoms with van der Waals surface area (Å²) in [4.78, 5) is 23.1. The molecule has 1 saturated heterocycles. The highest BCUT2D eigenvalue weighted by Gasteiger charge is 2.31. The number of alkyl carbamates (subject to hydrolysis) is 1. The Kier molecular flexibility index (Phi) is 7.36. The van der Waals surface area contributed by atoms with Gasteiger partial charge in [0, 0.05) is 13.1 Å². The SMILES string of the molecule is CC(C)C[C@H](NC(=O)OC1CCN(S(=O)(=O)c2cccc(F)c2)CC1)C(=O)O. The summed E-state index contributed by atoms with van der Waals surface area (Å²) in [6, 6.07) is 3.75. The lowest BCUT2D eigenvalue weighted by Gasteiger charge is -2.31. The highest BCUT2D eigenvalue weighted by atomic mass is 32.2. The van der Waals surface area contributed by atoms with Crippen molar-refractivity contribution in [2.45, 2.75) is 50.2 Å². The van der Waals surface area contributed by atoms with Crippen molar-refractivity contribution in [1.82, 2.24) is 9.62 Å². The van der Waals surface area contributed by atoms with Crippen LogP contribution in [0.15, 0.2) is 29.2 Å². The van der Waals surface area contributed by atoms with Gasteiger partial charge in [-0.3, -0.25) is 0 Å². The molecule has 2 rings (SSSR count). The summed E-state index contributed by atoms with van der Waals surface area (Å²) in [6.07, 6.45) is -0.547. The first-order chi connectivity index (χ1) is 13.1. The monoisotopic (exact) mass is 416 g/mol. The molecule has 1 aromatic carbocycles. The van der Waals surface area contributed by atoms with Gasteiger partial charge in [0.1, 0.15) is 18.0 Å². The Hall–Kier alpha value is -2.20. The number of piperidine rings is 1. The molecular formula is C18H25FN2O6S. The minimum Gasteiger partial charge on any atom is -0.480 e. The first kappa shape index (κ1) is 22.1. The van der Waals surface area contributed by atoms with Crippen molar-refractivity contribution in [2.75, 3.05) is 13.1 Å². The molecule has 0 radical (unpaired) electrons. The number of rotatable bonds is 7. The number of hydrogen-bond donors (Lipinski definition) is 2. The first-order valence-electron chi connectivity index (χ1n) is 9.05. The first-order valence-corrected chi connectivity index (χ1v) is 10.5. The maximum absolute atomic E-state index is 13.3. The number of carbonyl (C=O) groups is 2. The van der Waals surface area contributed by atoms with Crippen molar-refractivity contribution >= 4 is 22.1 Å². The molecule has 1 amide bonds. The quantitative estimate of drug-likeness (QED) is 0.705. The molecule has 1 fully saturated rings. The topological polar surface area (TPSA) is 113 Å². The number of ether oxygens (including phenoxy) is 1. The summed E-state index contributed by atoms with van der Waals surface area (Å²) in [7, 11) is -3.82. The van der Waals surface area contributed by atoms with Crippen LogP contribution in [0.5, 0.6) is 0 Å². The van der Waals surface area contributed by atoms with Crippen LogP contribution in [-0.4, -0.2) is 55.1 Å². The molecule has 156 valence electrons. The molecule has 1 atom stereocenters. The smallest absolute Gasteiger partial charge is 0.408 e. The zero-order valence-electron chi connectivity index (χ0n) is 15.8. The van der Waals surface area contributed by atoms with E-state index in [1.54, 1.807) is 0 Å². The molecule has 0 aromatic heterocycles. The van der Waals surface area contributed by atoms with E-state index in [2.05, 4.69) is 5.32 Å². The van der Waals surface area contributed by atoms with Gasteiger partial charge in [-0.05, 0) is 43.4 Å². The molecule has 0 unspecified atom stereocenters. The van der Waals surface area contributed by atoms with Gasteiger partial charge in [0.2, 0.25) is 10.0 Å². The summed E-state index contributed by atoms with van der Waals surface area (Å²) in [5, 5.41) is 11.5. The van der Waals surface area contributed by atoms with Crippen molar-refractivity contribution in [3.8, 4) is 0 Å². The predicted octanol–water partition coefficient (Wildman–Crippen LogP) is 2.20. The average Bonchev–Trinajstić information content (AvgIpc) is 2.61. The molecular weight excluding hydrogens is 391 g/mol.